The minimum Gasteiger partial charge on any atom is -0.452 e. The van der Waals surface area contributed by atoms with Gasteiger partial charge in [-0.05, 0) is 38.3 Å². The first-order chi connectivity index (χ1) is 14.0. The molecular formula is C21H25N3O5. The second-order valence-electron chi connectivity index (χ2n) is 7.04. The molecule has 8 nitrogen and oxygen atoms in total. The standard InChI is InChI=1S/C21H25N3O5/c1-3-16-19(13(2)29-24-16)21(27)28-12-18(25)23-17-11-7-6-10-15(17)20(26)22-14-8-4-5-9-14/h6-7,10-11,14H,3-5,8-9,12H2,1-2H3,(H,22,26)(H,23,25). The molecule has 29 heavy (non-hydrogen) atoms. The van der Waals surface area contributed by atoms with Crippen LogP contribution in [0.5, 0.6) is 0 Å². The highest BCUT2D eigenvalue weighted by molar-refractivity contribution is 6.04. The number of para-hydroxylation sites is 1. The van der Waals surface area contributed by atoms with Crippen molar-refractivity contribution in [2.45, 2.75) is 52.0 Å². The van der Waals surface area contributed by atoms with Gasteiger partial charge in [-0.15, -0.1) is 0 Å². The Morgan fingerprint density at radius 2 is 1.93 bits per heavy atom. The number of carbonyl (C=O) groups is 3. The Morgan fingerprint density at radius 3 is 2.66 bits per heavy atom. The van der Waals surface area contributed by atoms with Gasteiger partial charge in [0.1, 0.15) is 11.3 Å². The zero-order valence-electron chi connectivity index (χ0n) is 16.6. The number of esters is 1. The summed E-state index contributed by atoms with van der Waals surface area (Å²) in [6.45, 7) is 2.97. The molecule has 0 saturated heterocycles. The summed E-state index contributed by atoms with van der Waals surface area (Å²) < 4.78 is 10.1. The maximum absolute atomic E-state index is 12.6. The van der Waals surface area contributed by atoms with Crippen molar-refractivity contribution < 1.29 is 23.6 Å². The van der Waals surface area contributed by atoms with E-state index in [0.717, 1.165) is 25.7 Å². The Balaban J connectivity index is 1.60. The molecule has 0 bridgehead atoms. The van der Waals surface area contributed by atoms with Gasteiger partial charge in [0.05, 0.1) is 16.9 Å². The van der Waals surface area contributed by atoms with E-state index in [4.69, 9.17) is 9.26 Å². The first-order valence-corrected chi connectivity index (χ1v) is 9.81. The zero-order chi connectivity index (χ0) is 20.8. The van der Waals surface area contributed by atoms with Gasteiger partial charge in [-0.1, -0.05) is 37.1 Å². The molecule has 1 aliphatic carbocycles. The topological polar surface area (TPSA) is 111 Å². The Hall–Kier alpha value is -3.16. The number of benzene rings is 1. The fraction of sp³-hybridized carbons (Fsp3) is 0.429. The molecule has 0 aliphatic heterocycles. The van der Waals surface area contributed by atoms with Crippen LogP contribution in [0.25, 0.3) is 0 Å². The highest BCUT2D eigenvalue weighted by Crippen LogP contribution is 2.20. The minimum atomic E-state index is -0.664. The number of amides is 2. The van der Waals surface area contributed by atoms with Crippen LogP contribution in [0.2, 0.25) is 0 Å². The normalized spacial score (nSPS) is 13.9. The maximum Gasteiger partial charge on any atom is 0.344 e. The Morgan fingerprint density at radius 1 is 1.21 bits per heavy atom. The van der Waals surface area contributed by atoms with Crippen LogP contribution in [0.4, 0.5) is 5.69 Å². The third-order valence-corrected chi connectivity index (χ3v) is 4.94. The van der Waals surface area contributed by atoms with Crippen LogP contribution in [0.15, 0.2) is 28.8 Å². The average molecular weight is 399 g/mol. The van der Waals surface area contributed by atoms with Crippen LogP contribution in [0.1, 0.15) is 64.8 Å². The summed E-state index contributed by atoms with van der Waals surface area (Å²) in [5.74, 6) is -1.08. The van der Waals surface area contributed by atoms with Crippen LogP contribution in [0.3, 0.4) is 0 Å². The summed E-state index contributed by atoms with van der Waals surface area (Å²) in [6.07, 6.45) is 4.67. The lowest BCUT2D eigenvalue weighted by Gasteiger charge is -2.15. The summed E-state index contributed by atoms with van der Waals surface area (Å²) in [6, 6.07) is 6.93. The molecule has 8 heteroatoms. The molecule has 1 aliphatic rings. The predicted molar refractivity (Wildman–Crippen MR) is 106 cm³/mol. The molecule has 2 N–H and O–H groups in total. The predicted octanol–water partition coefficient (Wildman–Crippen LogP) is 3.01. The van der Waals surface area contributed by atoms with E-state index < -0.39 is 18.5 Å². The van der Waals surface area contributed by atoms with Gasteiger partial charge in [0, 0.05) is 6.04 Å². The van der Waals surface area contributed by atoms with Crippen molar-refractivity contribution in [2.24, 2.45) is 0 Å². The molecule has 0 radical (unpaired) electrons. The lowest BCUT2D eigenvalue weighted by atomic mass is 10.1. The molecule has 1 fully saturated rings. The third-order valence-electron chi connectivity index (χ3n) is 4.94. The van der Waals surface area contributed by atoms with Gasteiger partial charge in [-0.3, -0.25) is 9.59 Å². The van der Waals surface area contributed by atoms with Gasteiger partial charge >= 0.3 is 5.97 Å². The quantitative estimate of drug-likeness (QED) is 0.693. The SMILES string of the molecule is CCc1noc(C)c1C(=O)OCC(=O)Nc1ccccc1C(=O)NC1CCCC1. The van der Waals surface area contributed by atoms with E-state index in [9.17, 15) is 14.4 Å². The number of aromatic nitrogens is 1. The van der Waals surface area contributed by atoms with Gasteiger partial charge in [0.15, 0.2) is 6.61 Å². The number of ether oxygens (including phenoxy) is 1. The molecule has 1 aromatic carbocycles. The van der Waals surface area contributed by atoms with Crippen molar-refractivity contribution in [3.8, 4) is 0 Å². The maximum atomic E-state index is 12.6. The molecule has 2 aromatic rings. The number of carbonyl (C=O) groups excluding carboxylic acids is 3. The Kier molecular flexibility index (Phi) is 6.64. The van der Waals surface area contributed by atoms with E-state index in [0.29, 0.717) is 29.1 Å². The van der Waals surface area contributed by atoms with Gasteiger partial charge in [0.2, 0.25) is 0 Å². The van der Waals surface area contributed by atoms with E-state index in [1.54, 1.807) is 31.2 Å². The number of hydrogen-bond acceptors (Lipinski definition) is 6. The largest absolute Gasteiger partial charge is 0.452 e. The van der Waals surface area contributed by atoms with Gasteiger partial charge in [-0.2, -0.15) is 0 Å². The third kappa shape index (κ3) is 5.01. The Labute approximate surface area is 169 Å². The number of rotatable bonds is 7. The van der Waals surface area contributed by atoms with Crippen molar-refractivity contribution >= 4 is 23.5 Å². The number of hydrogen-bond donors (Lipinski definition) is 2. The van der Waals surface area contributed by atoms with Gasteiger partial charge in [0.25, 0.3) is 11.8 Å². The van der Waals surface area contributed by atoms with Crippen molar-refractivity contribution in [1.82, 2.24) is 10.5 Å². The Bertz CT molecular complexity index is 899. The lowest BCUT2D eigenvalue weighted by molar-refractivity contribution is -0.119. The molecule has 0 unspecified atom stereocenters. The smallest absolute Gasteiger partial charge is 0.344 e. The summed E-state index contributed by atoms with van der Waals surface area (Å²) >= 11 is 0. The van der Waals surface area contributed by atoms with E-state index in [2.05, 4.69) is 15.8 Å². The zero-order valence-corrected chi connectivity index (χ0v) is 16.6. The van der Waals surface area contributed by atoms with Crippen molar-refractivity contribution in [3.05, 3.63) is 46.8 Å². The number of aryl methyl sites for hydroxylation is 2. The van der Waals surface area contributed by atoms with Crippen LogP contribution in [0, 0.1) is 6.92 Å². The van der Waals surface area contributed by atoms with Crippen LogP contribution in [-0.4, -0.2) is 35.6 Å². The molecule has 1 saturated carbocycles. The first-order valence-electron chi connectivity index (χ1n) is 9.81. The molecule has 0 spiro atoms. The van der Waals surface area contributed by atoms with Crippen LogP contribution >= 0.6 is 0 Å². The fourth-order valence-corrected chi connectivity index (χ4v) is 3.43. The fourth-order valence-electron chi connectivity index (χ4n) is 3.43. The van der Waals surface area contributed by atoms with E-state index in [-0.39, 0.29) is 17.5 Å². The molecule has 154 valence electrons. The van der Waals surface area contributed by atoms with Crippen LogP contribution < -0.4 is 10.6 Å². The molecule has 2 amide bonds. The number of nitrogens with zero attached hydrogens (tertiary/aromatic N) is 1. The second kappa shape index (κ2) is 9.36. The molecule has 1 heterocycles. The van der Waals surface area contributed by atoms with Crippen molar-refractivity contribution in [3.63, 3.8) is 0 Å². The van der Waals surface area contributed by atoms with Crippen molar-refractivity contribution in [1.29, 1.82) is 0 Å². The van der Waals surface area contributed by atoms with E-state index in [1.165, 1.54) is 0 Å². The van der Waals surface area contributed by atoms with E-state index in [1.807, 2.05) is 6.92 Å². The van der Waals surface area contributed by atoms with Crippen LogP contribution in [-0.2, 0) is 16.0 Å². The van der Waals surface area contributed by atoms with Gasteiger partial charge in [-0.25, -0.2) is 4.79 Å². The van der Waals surface area contributed by atoms with Crippen molar-refractivity contribution in [2.75, 3.05) is 11.9 Å². The highest BCUT2D eigenvalue weighted by Gasteiger charge is 2.23. The summed E-state index contributed by atoms with van der Waals surface area (Å²) in [5.41, 5.74) is 1.49. The lowest BCUT2D eigenvalue weighted by Crippen LogP contribution is -2.33. The molecule has 3 rings (SSSR count). The summed E-state index contributed by atoms with van der Waals surface area (Å²) in [7, 11) is 0. The molecule has 0 atom stereocenters. The van der Waals surface area contributed by atoms with Gasteiger partial charge < -0.3 is 19.9 Å². The van der Waals surface area contributed by atoms with E-state index >= 15 is 0 Å². The highest BCUT2D eigenvalue weighted by atomic mass is 16.5. The number of anilines is 1. The molecule has 1 aromatic heterocycles. The minimum absolute atomic E-state index is 0.173. The molecular weight excluding hydrogens is 374 g/mol. The second-order valence-corrected chi connectivity index (χ2v) is 7.04. The monoisotopic (exact) mass is 399 g/mol. The first kappa shape index (κ1) is 20.6. The number of nitrogens with one attached hydrogen (secondary N) is 2. The summed E-state index contributed by atoms with van der Waals surface area (Å²) in [4.78, 5) is 37.1. The summed E-state index contributed by atoms with van der Waals surface area (Å²) in [5, 5.41) is 9.45. The average Bonchev–Trinajstić information content (AvgIpc) is 3.35.